The van der Waals surface area contributed by atoms with Crippen LogP contribution < -0.4 is 4.90 Å². The van der Waals surface area contributed by atoms with Crippen LogP contribution in [0, 0.1) is 21.3 Å². The molecular weight excluding hydrogens is 387 g/mol. The average Bonchev–Trinajstić information content (AvgIpc) is 2.72. The molecule has 1 saturated carbocycles. The lowest BCUT2D eigenvalue weighted by Crippen LogP contribution is -3.07. The molecule has 1 aliphatic carbocycles. The van der Waals surface area contributed by atoms with E-state index in [4.69, 9.17) is 4.74 Å². The van der Waals surface area contributed by atoms with Gasteiger partial charge in [0.05, 0.1) is 36.5 Å². The standard InChI is InChI=1S/C23H27FN2O4/c1-25(2)16-23(13-4-3-5-14-23)21(18-7-6-8-19(24)15-18)30-22(27)17-9-11-20(12-10-17)26(28)29/h6-12,15,21H,3-5,13-14,16H2,1-2H3/p+1. The van der Waals surface area contributed by atoms with E-state index in [2.05, 4.69) is 14.1 Å². The van der Waals surface area contributed by atoms with Crippen LogP contribution in [0.25, 0.3) is 0 Å². The molecule has 0 saturated heterocycles. The first-order chi connectivity index (χ1) is 14.3. The number of nitrogens with zero attached hydrogens (tertiary/aromatic N) is 1. The first-order valence-electron chi connectivity index (χ1n) is 10.3. The Bertz CT molecular complexity index is 892. The van der Waals surface area contributed by atoms with E-state index in [-0.39, 0.29) is 22.5 Å². The highest BCUT2D eigenvalue weighted by Crippen LogP contribution is 2.47. The third-order valence-corrected chi connectivity index (χ3v) is 5.80. The van der Waals surface area contributed by atoms with Gasteiger partial charge in [-0.15, -0.1) is 0 Å². The molecule has 1 N–H and O–H groups in total. The summed E-state index contributed by atoms with van der Waals surface area (Å²) in [4.78, 5) is 24.6. The Morgan fingerprint density at radius 2 is 1.83 bits per heavy atom. The summed E-state index contributed by atoms with van der Waals surface area (Å²) in [6.45, 7) is 0.793. The molecule has 0 amide bonds. The molecule has 3 rings (SSSR count). The van der Waals surface area contributed by atoms with Gasteiger partial charge >= 0.3 is 5.97 Å². The van der Waals surface area contributed by atoms with Crippen LogP contribution in [-0.2, 0) is 4.74 Å². The van der Waals surface area contributed by atoms with Crippen molar-refractivity contribution in [2.45, 2.75) is 38.2 Å². The molecular formula is C23H28FN2O4+. The number of carbonyl (C=O) groups is 1. The first-order valence-corrected chi connectivity index (χ1v) is 10.3. The van der Waals surface area contributed by atoms with Crippen LogP contribution in [0.3, 0.4) is 0 Å². The summed E-state index contributed by atoms with van der Waals surface area (Å²) in [5.41, 5.74) is 0.508. The lowest BCUT2D eigenvalue weighted by atomic mass is 9.68. The second-order valence-corrected chi connectivity index (χ2v) is 8.45. The van der Waals surface area contributed by atoms with Gasteiger partial charge in [-0.2, -0.15) is 0 Å². The van der Waals surface area contributed by atoms with Gasteiger partial charge in [0, 0.05) is 12.1 Å². The summed E-state index contributed by atoms with van der Waals surface area (Å²) in [5.74, 6) is -0.926. The zero-order chi connectivity index (χ0) is 21.7. The zero-order valence-electron chi connectivity index (χ0n) is 17.4. The number of non-ortho nitro benzene ring substituents is 1. The van der Waals surface area contributed by atoms with Crippen molar-refractivity contribution in [3.05, 3.63) is 75.6 Å². The quantitative estimate of drug-likeness (QED) is 0.425. The van der Waals surface area contributed by atoms with Gasteiger partial charge in [0.2, 0.25) is 0 Å². The van der Waals surface area contributed by atoms with Crippen LogP contribution in [0.5, 0.6) is 0 Å². The molecule has 6 nitrogen and oxygen atoms in total. The molecule has 0 aliphatic heterocycles. The minimum Gasteiger partial charge on any atom is -0.453 e. The Kier molecular flexibility index (Phi) is 6.82. The zero-order valence-corrected chi connectivity index (χ0v) is 17.4. The highest BCUT2D eigenvalue weighted by molar-refractivity contribution is 5.89. The van der Waals surface area contributed by atoms with E-state index in [0.717, 1.165) is 38.6 Å². The number of rotatable bonds is 7. The fourth-order valence-electron chi connectivity index (χ4n) is 4.60. The minimum absolute atomic E-state index is 0.0896. The van der Waals surface area contributed by atoms with Gasteiger partial charge in [-0.05, 0) is 42.7 Å². The summed E-state index contributed by atoms with van der Waals surface area (Å²) in [7, 11) is 4.13. The van der Waals surface area contributed by atoms with Gasteiger partial charge in [-0.3, -0.25) is 10.1 Å². The molecule has 30 heavy (non-hydrogen) atoms. The van der Waals surface area contributed by atoms with E-state index >= 15 is 0 Å². The molecule has 160 valence electrons. The molecule has 7 heteroatoms. The SMILES string of the molecule is C[NH+](C)CC1(C(OC(=O)c2ccc([N+](=O)[O-])cc2)c2cccc(F)c2)CCCCC1. The van der Waals surface area contributed by atoms with Crippen LogP contribution in [0.1, 0.15) is 54.1 Å². The molecule has 0 radical (unpaired) electrons. The van der Waals surface area contributed by atoms with Gasteiger partial charge in [-0.1, -0.05) is 31.4 Å². The number of benzene rings is 2. The van der Waals surface area contributed by atoms with Gasteiger partial charge in [0.25, 0.3) is 5.69 Å². The lowest BCUT2D eigenvalue weighted by molar-refractivity contribution is -0.867. The predicted molar refractivity (Wildman–Crippen MR) is 111 cm³/mol. The van der Waals surface area contributed by atoms with Crippen molar-refractivity contribution in [1.82, 2.24) is 0 Å². The third kappa shape index (κ3) is 5.02. The summed E-state index contributed by atoms with van der Waals surface area (Å²) in [6, 6.07) is 11.6. The number of carbonyl (C=O) groups excluding carboxylic acids is 1. The number of quaternary nitrogens is 1. The van der Waals surface area contributed by atoms with Gasteiger partial charge in [-0.25, -0.2) is 9.18 Å². The molecule has 1 unspecified atom stereocenters. The number of ether oxygens (including phenoxy) is 1. The predicted octanol–water partition coefficient (Wildman–Crippen LogP) is 3.73. The van der Waals surface area contributed by atoms with Crippen molar-refractivity contribution in [1.29, 1.82) is 0 Å². The smallest absolute Gasteiger partial charge is 0.338 e. The molecule has 1 atom stereocenters. The van der Waals surface area contributed by atoms with E-state index in [9.17, 15) is 19.3 Å². The highest BCUT2D eigenvalue weighted by atomic mass is 19.1. The molecule has 0 heterocycles. The molecule has 1 aliphatic rings. The maximum atomic E-state index is 14.1. The number of esters is 1. The van der Waals surface area contributed by atoms with Crippen LogP contribution >= 0.6 is 0 Å². The molecule has 2 aromatic carbocycles. The Hall–Kier alpha value is -2.80. The average molecular weight is 415 g/mol. The van der Waals surface area contributed by atoms with Crippen molar-refractivity contribution in [3.8, 4) is 0 Å². The first kappa shape index (κ1) is 21.9. The largest absolute Gasteiger partial charge is 0.453 e. The number of nitrogens with one attached hydrogen (secondary N) is 1. The Morgan fingerprint density at radius 3 is 2.40 bits per heavy atom. The number of nitro groups is 1. The van der Waals surface area contributed by atoms with E-state index in [1.54, 1.807) is 12.1 Å². The van der Waals surface area contributed by atoms with Crippen molar-refractivity contribution in [3.63, 3.8) is 0 Å². The Morgan fingerprint density at radius 1 is 1.17 bits per heavy atom. The summed E-state index contributed by atoms with van der Waals surface area (Å²) < 4.78 is 20.1. The normalized spacial score (nSPS) is 16.8. The second kappa shape index (κ2) is 9.34. The fourth-order valence-corrected chi connectivity index (χ4v) is 4.60. The summed E-state index contributed by atoms with van der Waals surface area (Å²) in [5, 5.41) is 10.9. The third-order valence-electron chi connectivity index (χ3n) is 5.80. The van der Waals surface area contributed by atoms with Crippen LogP contribution in [-0.4, -0.2) is 31.5 Å². The van der Waals surface area contributed by atoms with Crippen molar-refractivity contribution in [2.75, 3.05) is 20.6 Å². The molecule has 0 bridgehead atoms. The molecule has 0 aromatic heterocycles. The van der Waals surface area contributed by atoms with Crippen molar-refractivity contribution < 1.29 is 23.7 Å². The van der Waals surface area contributed by atoms with E-state index in [1.165, 1.54) is 41.3 Å². The monoisotopic (exact) mass is 415 g/mol. The number of nitro benzene ring substituents is 1. The maximum absolute atomic E-state index is 14.1. The minimum atomic E-state index is -0.592. The van der Waals surface area contributed by atoms with E-state index < -0.39 is 17.0 Å². The molecule has 2 aromatic rings. The topological polar surface area (TPSA) is 73.9 Å². The van der Waals surface area contributed by atoms with E-state index in [1.807, 2.05) is 0 Å². The Balaban J connectivity index is 1.96. The molecule has 0 spiro atoms. The highest BCUT2D eigenvalue weighted by Gasteiger charge is 2.45. The summed E-state index contributed by atoms with van der Waals surface area (Å²) in [6.07, 6.45) is 4.41. The van der Waals surface area contributed by atoms with Crippen LogP contribution in [0.2, 0.25) is 0 Å². The summed E-state index contributed by atoms with van der Waals surface area (Å²) >= 11 is 0. The maximum Gasteiger partial charge on any atom is 0.338 e. The van der Waals surface area contributed by atoms with Gasteiger partial charge in [0.15, 0.2) is 0 Å². The van der Waals surface area contributed by atoms with E-state index in [0.29, 0.717) is 5.56 Å². The lowest BCUT2D eigenvalue weighted by Gasteiger charge is -2.43. The number of hydrogen-bond donors (Lipinski definition) is 1. The van der Waals surface area contributed by atoms with Crippen molar-refractivity contribution >= 4 is 11.7 Å². The Labute approximate surface area is 175 Å². The van der Waals surface area contributed by atoms with Crippen LogP contribution in [0.4, 0.5) is 10.1 Å². The van der Waals surface area contributed by atoms with Gasteiger partial charge < -0.3 is 9.64 Å². The van der Waals surface area contributed by atoms with Crippen molar-refractivity contribution in [2.24, 2.45) is 5.41 Å². The number of halogens is 1. The second-order valence-electron chi connectivity index (χ2n) is 8.45. The van der Waals surface area contributed by atoms with Crippen LogP contribution in [0.15, 0.2) is 48.5 Å². The fraction of sp³-hybridized carbons (Fsp3) is 0.435. The van der Waals surface area contributed by atoms with Gasteiger partial charge in [0.1, 0.15) is 11.9 Å². The molecule has 1 fully saturated rings. The number of hydrogen-bond acceptors (Lipinski definition) is 4.